The Morgan fingerprint density at radius 2 is 2.31 bits per heavy atom. The van der Waals surface area contributed by atoms with E-state index in [1.807, 2.05) is 13.0 Å². The first-order chi connectivity index (χ1) is 6.20. The number of rotatable bonds is 7. The molecule has 0 aromatic rings. The first-order valence-electron chi connectivity index (χ1n) is 4.53. The number of allylic oxidation sites excluding steroid dienone is 1. The minimum Gasteiger partial charge on any atom is -0.370 e. The second-order valence-electron chi connectivity index (χ2n) is 2.91. The SMILES string of the molecule is C/C=C/CCNC(CN)CC(N)=O. The summed E-state index contributed by atoms with van der Waals surface area (Å²) in [6.45, 7) is 3.25. The summed E-state index contributed by atoms with van der Waals surface area (Å²) >= 11 is 0. The van der Waals surface area contributed by atoms with E-state index in [0.29, 0.717) is 13.0 Å². The fourth-order valence-corrected chi connectivity index (χ4v) is 1.02. The van der Waals surface area contributed by atoms with Crippen molar-refractivity contribution in [3.05, 3.63) is 12.2 Å². The van der Waals surface area contributed by atoms with Gasteiger partial charge in [-0.15, -0.1) is 0 Å². The zero-order valence-corrected chi connectivity index (χ0v) is 8.12. The van der Waals surface area contributed by atoms with Crippen LogP contribution in [-0.4, -0.2) is 25.0 Å². The van der Waals surface area contributed by atoms with Crippen LogP contribution in [0.3, 0.4) is 0 Å². The van der Waals surface area contributed by atoms with Crippen LogP contribution in [0.4, 0.5) is 0 Å². The molecule has 1 unspecified atom stereocenters. The summed E-state index contributed by atoms with van der Waals surface area (Å²) in [6, 6.07) is 0.0164. The van der Waals surface area contributed by atoms with E-state index in [4.69, 9.17) is 11.5 Å². The lowest BCUT2D eigenvalue weighted by atomic mass is 10.2. The summed E-state index contributed by atoms with van der Waals surface area (Å²) in [4.78, 5) is 10.6. The number of hydrogen-bond donors (Lipinski definition) is 3. The lowest BCUT2D eigenvalue weighted by molar-refractivity contribution is -0.118. The predicted octanol–water partition coefficient (Wildman–Crippen LogP) is -0.255. The van der Waals surface area contributed by atoms with Gasteiger partial charge in [0.25, 0.3) is 0 Å². The van der Waals surface area contributed by atoms with Crippen molar-refractivity contribution in [1.29, 1.82) is 0 Å². The summed E-state index contributed by atoms with van der Waals surface area (Å²) in [5, 5.41) is 3.16. The van der Waals surface area contributed by atoms with Crippen molar-refractivity contribution in [1.82, 2.24) is 5.32 Å². The average molecular weight is 185 g/mol. The fraction of sp³-hybridized carbons (Fsp3) is 0.667. The molecule has 0 bridgehead atoms. The Labute approximate surface area is 79.4 Å². The highest BCUT2D eigenvalue weighted by Gasteiger charge is 2.07. The molecule has 4 nitrogen and oxygen atoms in total. The Hall–Kier alpha value is -0.870. The van der Waals surface area contributed by atoms with Crippen LogP contribution in [0.2, 0.25) is 0 Å². The second kappa shape index (κ2) is 7.76. The lowest BCUT2D eigenvalue weighted by Crippen LogP contribution is -2.39. The Bertz CT molecular complexity index is 168. The van der Waals surface area contributed by atoms with E-state index in [-0.39, 0.29) is 11.9 Å². The molecule has 0 heterocycles. The van der Waals surface area contributed by atoms with Crippen molar-refractivity contribution in [2.45, 2.75) is 25.8 Å². The molecule has 0 aliphatic rings. The molecule has 0 radical (unpaired) electrons. The Morgan fingerprint density at radius 1 is 1.62 bits per heavy atom. The third-order valence-electron chi connectivity index (χ3n) is 1.71. The highest BCUT2D eigenvalue weighted by atomic mass is 16.1. The quantitative estimate of drug-likeness (QED) is 0.378. The number of carbonyl (C=O) groups excluding carboxylic acids is 1. The van der Waals surface area contributed by atoms with Gasteiger partial charge in [-0.2, -0.15) is 0 Å². The fourth-order valence-electron chi connectivity index (χ4n) is 1.02. The van der Waals surface area contributed by atoms with E-state index in [1.165, 1.54) is 0 Å². The molecule has 1 atom stereocenters. The van der Waals surface area contributed by atoms with E-state index >= 15 is 0 Å². The van der Waals surface area contributed by atoms with Crippen molar-refractivity contribution in [3.63, 3.8) is 0 Å². The van der Waals surface area contributed by atoms with Gasteiger partial charge in [-0.25, -0.2) is 0 Å². The van der Waals surface area contributed by atoms with Gasteiger partial charge in [0.1, 0.15) is 0 Å². The molecule has 0 saturated carbocycles. The molecule has 0 spiro atoms. The highest BCUT2D eigenvalue weighted by Crippen LogP contribution is 1.89. The molecular formula is C9H19N3O. The third kappa shape index (κ3) is 7.49. The molecule has 0 fully saturated rings. The largest absolute Gasteiger partial charge is 0.370 e. The van der Waals surface area contributed by atoms with Gasteiger partial charge in [0, 0.05) is 19.0 Å². The molecule has 5 N–H and O–H groups in total. The zero-order chi connectivity index (χ0) is 10.1. The third-order valence-corrected chi connectivity index (χ3v) is 1.71. The number of nitrogens with two attached hydrogens (primary N) is 2. The van der Waals surface area contributed by atoms with Crippen LogP contribution in [0.1, 0.15) is 19.8 Å². The molecule has 4 heteroatoms. The number of amides is 1. The van der Waals surface area contributed by atoms with Crippen LogP contribution < -0.4 is 16.8 Å². The highest BCUT2D eigenvalue weighted by molar-refractivity contribution is 5.74. The number of nitrogens with one attached hydrogen (secondary N) is 1. The van der Waals surface area contributed by atoms with Crippen LogP contribution in [0, 0.1) is 0 Å². The summed E-state index contributed by atoms with van der Waals surface area (Å²) < 4.78 is 0. The molecule has 0 rings (SSSR count). The van der Waals surface area contributed by atoms with Gasteiger partial charge in [0.15, 0.2) is 0 Å². The minimum absolute atomic E-state index is 0.0164. The smallest absolute Gasteiger partial charge is 0.219 e. The lowest BCUT2D eigenvalue weighted by Gasteiger charge is -2.13. The molecule has 13 heavy (non-hydrogen) atoms. The van der Waals surface area contributed by atoms with Gasteiger partial charge in [-0.1, -0.05) is 12.2 Å². The molecule has 0 aliphatic carbocycles. The van der Waals surface area contributed by atoms with E-state index in [0.717, 1.165) is 13.0 Å². The van der Waals surface area contributed by atoms with Gasteiger partial charge >= 0.3 is 0 Å². The van der Waals surface area contributed by atoms with Crippen molar-refractivity contribution in [3.8, 4) is 0 Å². The molecule has 0 aliphatic heterocycles. The second-order valence-corrected chi connectivity index (χ2v) is 2.91. The van der Waals surface area contributed by atoms with Crippen molar-refractivity contribution >= 4 is 5.91 Å². The van der Waals surface area contributed by atoms with E-state index < -0.39 is 0 Å². The maximum atomic E-state index is 10.6. The van der Waals surface area contributed by atoms with Crippen molar-refractivity contribution in [2.24, 2.45) is 11.5 Å². The van der Waals surface area contributed by atoms with Crippen LogP contribution >= 0.6 is 0 Å². The Morgan fingerprint density at radius 3 is 2.77 bits per heavy atom. The first-order valence-corrected chi connectivity index (χ1v) is 4.53. The Kier molecular flexibility index (Phi) is 7.24. The van der Waals surface area contributed by atoms with Gasteiger partial charge < -0.3 is 16.8 Å². The maximum Gasteiger partial charge on any atom is 0.219 e. The van der Waals surface area contributed by atoms with Gasteiger partial charge in [0.2, 0.25) is 5.91 Å². The van der Waals surface area contributed by atoms with Crippen molar-refractivity contribution < 1.29 is 4.79 Å². The van der Waals surface area contributed by atoms with Gasteiger partial charge in [-0.05, 0) is 19.9 Å². The molecular weight excluding hydrogens is 166 g/mol. The number of hydrogen-bond acceptors (Lipinski definition) is 3. The summed E-state index contributed by atoms with van der Waals surface area (Å²) in [6.07, 6.45) is 5.32. The minimum atomic E-state index is -0.311. The maximum absolute atomic E-state index is 10.6. The van der Waals surface area contributed by atoms with Gasteiger partial charge in [0.05, 0.1) is 0 Å². The van der Waals surface area contributed by atoms with Crippen molar-refractivity contribution in [2.75, 3.05) is 13.1 Å². The van der Waals surface area contributed by atoms with E-state index in [9.17, 15) is 4.79 Å². The topological polar surface area (TPSA) is 81.1 Å². The number of primary amides is 1. The molecule has 1 amide bonds. The van der Waals surface area contributed by atoms with E-state index in [2.05, 4.69) is 11.4 Å². The summed E-state index contributed by atoms with van der Waals surface area (Å²) in [5.74, 6) is -0.311. The summed E-state index contributed by atoms with van der Waals surface area (Å²) in [7, 11) is 0. The van der Waals surface area contributed by atoms with Crippen LogP contribution in [0.15, 0.2) is 12.2 Å². The molecule has 0 aromatic heterocycles. The predicted molar refractivity (Wildman–Crippen MR) is 54.1 cm³/mol. The average Bonchev–Trinajstić information content (AvgIpc) is 2.09. The Balaban J connectivity index is 3.53. The monoisotopic (exact) mass is 185 g/mol. The molecule has 0 aromatic carbocycles. The standard InChI is InChI=1S/C9H19N3O/c1-2-3-4-5-12-8(7-10)6-9(11)13/h2-3,8,12H,4-7,10H2,1H3,(H2,11,13)/b3-2+. The van der Waals surface area contributed by atoms with E-state index in [1.54, 1.807) is 0 Å². The zero-order valence-electron chi connectivity index (χ0n) is 8.12. The number of carbonyl (C=O) groups is 1. The summed E-state index contributed by atoms with van der Waals surface area (Å²) in [5.41, 5.74) is 10.5. The molecule has 0 saturated heterocycles. The first kappa shape index (κ1) is 12.1. The molecule has 76 valence electrons. The van der Waals surface area contributed by atoms with Crippen LogP contribution in [0.5, 0.6) is 0 Å². The van der Waals surface area contributed by atoms with Gasteiger partial charge in [-0.3, -0.25) is 4.79 Å². The van der Waals surface area contributed by atoms with Crippen LogP contribution in [-0.2, 0) is 4.79 Å². The van der Waals surface area contributed by atoms with Crippen LogP contribution in [0.25, 0.3) is 0 Å². The normalized spacial score (nSPS) is 13.4.